The van der Waals surface area contributed by atoms with Crippen LogP contribution >= 0.6 is 11.3 Å². The number of aromatic nitrogens is 1. The molecule has 208 valence electrons. The number of thiazole rings is 1. The molecule has 2 aromatic carbocycles. The van der Waals surface area contributed by atoms with E-state index in [0.717, 1.165) is 29.5 Å². The molecule has 2 aliphatic rings. The van der Waals surface area contributed by atoms with Crippen molar-refractivity contribution in [1.29, 1.82) is 0 Å². The van der Waals surface area contributed by atoms with Crippen molar-refractivity contribution in [3.8, 4) is 11.3 Å². The summed E-state index contributed by atoms with van der Waals surface area (Å²) in [5.41, 5.74) is 2.02. The van der Waals surface area contributed by atoms with Gasteiger partial charge in [0, 0.05) is 41.6 Å². The predicted molar refractivity (Wildman–Crippen MR) is 151 cm³/mol. The molecule has 1 saturated heterocycles. The molecule has 2 aliphatic heterocycles. The number of ether oxygens (including phenoxy) is 1. The van der Waals surface area contributed by atoms with Gasteiger partial charge in [-0.1, -0.05) is 56.3 Å². The van der Waals surface area contributed by atoms with Crippen molar-refractivity contribution in [2.24, 2.45) is 5.41 Å². The van der Waals surface area contributed by atoms with Crippen LogP contribution in [0.1, 0.15) is 42.7 Å². The van der Waals surface area contributed by atoms with Crippen LogP contribution < -0.4 is 14.9 Å². The van der Waals surface area contributed by atoms with E-state index in [1.54, 1.807) is 29.5 Å². The average molecular weight is 573 g/mol. The molecule has 0 amide bonds. The number of sulfonamides is 1. The van der Waals surface area contributed by atoms with E-state index in [2.05, 4.69) is 14.9 Å². The van der Waals surface area contributed by atoms with Crippen LogP contribution in [-0.4, -0.2) is 51.4 Å². The summed E-state index contributed by atoms with van der Waals surface area (Å²) in [6.07, 6.45) is 2.04. The minimum absolute atomic E-state index is 0.183. The number of benzene rings is 2. The summed E-state index contributed by atoms with van der Waals surface area (Å²) in [6.45, 7) is 6.57. The standard InChI is InChI=1S/C28H33FN4O4S2/c1-28(2)17-25(30-23(11-14-34)21-5-3-4-6-22(21)29)32-39(35,36)26(28)20-9-7-19(8-10-20)24-18-38-27(31-24)33-12-15-37-16-13-33/h3-10,17-18,23,26,30,32,34H,11-16H2,1-2H3/t23?,26-/m1/s1. The Morgan fingerprint density at radius 3 is 2.59 bits per heavy atom. The van der Waals surface area contributed by atoms with Gasteiger partial charge in [-0.2, -0.15) is 0 Å². The number of halogens is 1. The third kappa shape index (κ3) is 5.96. The van der Waals surface area contributed by atoms with E-state index in [1.807, 2.05) is 49.6 Å². The molecule has 1 aromatic heterocycles. The van der Waals surface area contributed by atoms with Gasteiger partial charge in [-0.05, 0) is 24.1 Å². The van der Waals surface area contributed by atoms with Crippen LogP contribution in [0.5, 0.6) is 0 Å². The fourth-order valence-electron chi connectivity index (χ4n) is 5.27. The van der Waals surface area contributed by atoms with Crippen molar-refractivity contribution in [1.82, 2.24) is 15.0 Å². The average Bonchev–Trinajstić information content (AvgIpc) is 3.39. The van der Waals surface area contributed by atoms with E-state index in [-0.39, 0.29) is 18.8 Å². The van der Waals surface area contributed by atoms with Gasteiger partial charge in [0.2, 0.25) is 10.0 Å². The van der Waals surface area contributed by atoms with Gasteiger partial charge in [0.05, 0.1) is 24.9 Å². The Bertz CT molecular complexity index is 1430. The highest BCUT2D eigenvalue weighted by molar-refractivity contribution is 7.90. The Labute approximate surface area is 232 Å². The maximum Gasteiger partial charge on any atom is 0.241 e. The van der Waals surface area contributed by atoms with Gasteiger partial charge in [-0.3, -0.25) is 4.72 Å². The van der Waals surface area contributed by atoms with Crippen LogP contribution in [0, 0.1) is 11.2 Å². The fourth-order valence-corrected chi connectivity index (χ4v) is 8.09. The number of aliphatic hydroxyl groups is 1. The van der Waals surface area contributed by atoms with Gasteiger partial charge in [-0.25, -0.2) is 17.8 Å². The smallest absolute Gasteiger partial charge is 0.241 e. The first-order valence-corrected chi connectivity index (χ1v) is 15.4. The van der Waals surface area contributed by atoms with E-state index in [9.17, 15) is 17.9 Å². The Morgan fingerprint density at radius 1 is 1.21 bits per heavy atom. The fraction of sp³-hybridized carbons (Fsp3) is 0.393. The summed E-state index contributed by atoms with van der Waals surface area (Å²) < 4.78 is 49.6. The Balaban J connectivity index is 1.37. The van der Waals surface area contributed by atoms with Crippen LogP contribution in [0.4, 0.5) is 9.52 Å². The summed E-state index contributed by atoms with van der Waals surface area (Å²) in [5, 5.41) is 14.8. The molecule has 0 saturated carbocycles. The molecule has 39 heavy (non-hydrogen) atoms. The van der Waals surface area contributed by atoms with Crippen LogP contribution in [0.3, 0.4) is 0 Å². The molecule has 0 spiro atoms. The molecule has 5 rings (SSSR count). The molecule has 2 atom stereocenters. The third-order valence-corrected chi connectivity index (χ3v) is 9.97. The van der Waals surface area contributed by atoms with Gasteiger partial charge >= 0.3 is 0 Å². The second-order valence-electron chi connectivity index (χ2n) is 10.4. The molecule has 3 aromatic rings. The lowest BCUT2D eigenvalue weighted by atomic mass is 9.84. The van der Waals surface area contributed by atoms with Crippen molar-refractivity contribution in [2.45, 2.75) is 31.6 Å². The Kier molecular flexibility index (Phi) is 7.95. The quantitative estimate of drug-likeness (QED) is 0.369. The number of hydrogen-bond donors (Lipinski definition) is 3. The summed E-state index contributed by atoms with van der Waals surface area (Å²) in [4.78, 5) is 7.00. The zero-order valence-corrected chi connectivity index (χ0v) is 23.6. The SMILES string of the molecule is CC1(C)C=C(NC(CCO)c2ccccc2F)NS(=O)(=O)[C@@H]1c1ccc(-c2csc(N3CCOCC3)n2)cc1. The molecule has 0 bridgehead atoms. The highest BCUT2D eigenvalue weighted by atomic mass is 32.2. The number of aliphatic hydroxyl groups excluding tert-OH is 1. The molecule has 0 radical (unpaired) electrons. The summed E-state index contributed by atoms with van der Waals surface area (Å²) in [6, 6.07) is 13.2. The number of nitrogens with zero attached hydrogens (tertiary/aromatic N) is 2. The number of morpholine rings is 1. The van der Waals surface area contributed by atoms with E-state index >= 15 is 0 Å². The molecule has 8 nitrogen and oxygen atoms in total. The van der Waals surface area contributed by atoms with Crippen molar-refractivity contribution < 1.29 is 22.7 Å². The van der Waals surface area contributed by atoms with Gasteiger partial charge in [-0.15, -0.1) is 11.3 Å². The Hall–Kier alpha value is -2.99. The maximum atomic E-state index is 14.5. The first-order valence-electron chi connectivity index (χ1n) is 12.9. The number of anilines is 1. The van der Waals surface area contributed by atoms with Gasteiger partial charge < -0.3 is 20.1 Å². The highest BCUT2D eigenvalue weighted by Crippen LogP contribution is 2.44. The van der Waals surface area contributed by atoms with Crippen LogP contribution in [0.2, 0.25) is 0 Å². The lowest BCUT2D eigenvalue weighted by Gasteiger charge is -2.38. The number of allylic oxidation sites excluding steroid dienone is 1. The normalized spacial score (nSPS) is 21.1. The second-order valence-corrected chi connectivity index (χ2v) is 13.0. The van der Waals surface area contributed by atoms with Crippen molar-refractivity contribution in [3.63, 3.8) is 0 Å². The summed E-state index contributed by atoms with van der Waals surface area (Å²) in [7, 11) is -3.84. The molecule has 0 aliphatic carbocycles. The minimum Gasteiger partial charge on any atom is -0.396 e. The molecule has 11 heteroatoms. The minimum atomic E-state index is -3.84. The maximum absolute atomic E-state index is 14.5. The molecule has 3 N–H and O–H groups in total. The predicted octanol–water partition coefficient (Wildman–Crippen LogP) is 4.34. The van der Waals surface area contributed by atoms with Crippen molar-refractivity contribution >= 4 is 26.5 Å². The molecular weight excluding hydrogens is 539 g/mol. The monoisotopic (exact) mass is 572 g/mol. The highest BCUT2D eigenvalue weighted by Gasteiger charge is 2.44. The van der Waals surface area contributed by atoms with Crippen molar-refractivity contribution in [2.75, 3.05) is 37.8 Å². The first kappa shape index (κ1) is 27.6. The molecule has 1 unspecified atom stereocenters. The van der Waals surface area contributed by atoms with Crippen LogP contribution in [-0.2, 0) is 14.8 Å². The number of nitrogens with one attached hydrogen (secondary N) is 2. The Morgan fingerprint density at radius 2 is 1.92 bits per heavy atom. The number of rotatable bonds is 8. The van der Waals surface area contributed by atoms with E-state index in [0.29, 0.717) is 24.3 Å². The van der Waals surface area contributed by atoms with Crippen LogP contribution in [0.15, 0.2) is 65.8 Å². The second kappa shape index (κ2) is 11.2. The molecule has 1 fully saturated rings. The van der Waals surface area contributed by atoms with Crippen LogP contribution in [0.25, 0.3) is 11.3 Å². The topological polar surface area (TPSA) is 104 Å². The molecule has 3 heterocycles. The van der Waals surface area contributed by atoms with E-state index < -0.39 is 32.5 Å². The zero-order valence-electron chi connectivity index (χ0n) is 21.9. The van der Waals surface area contributed by atoms with E-state index in [1.165, 1.54) is 6.07 Å². The lowest BCUT2D eigenvalue weighted by molar-refractivity contribution is 0.122. The number of hydrogen-bond acceptors (Lipinski definition) is 8. The summed E-state index contributed by atoms with van der Waals surface area (Å²) in [5.74, 6) is -0.148. The lowest BCUT2D eigenvalue weighted by Crippen LogP contribution is -2.45. The van der Waals surface area contributed by atoms with E-state index in [4.69, 9.17) is 9.72 Å². The van der Waals surface area contributed by atoms with Gasteiger partial charge in [0.1, 0.15) is 16.9 Å². The third-order valence-electron chi connectivity index (χ3n) is 7.07. The summed E-state index contributed by atoms with van der Waals surface area (Å²) >= 11 is 1.59. The zero-order chi connectivity index (χ0) is 27.6. The van der Waals surface area contributed by atoms with Crippen molar-refractivity contribution in [3.05, 3.63) is 82.8 Å². The first-order chi connectivity index (χ1) is 18.7. The van der Waals surface area contributed by atoms with Gasteiger partial charge in [0.15, 0.2) is 5.13 Å². The molecular formula is C28H33FN4O4S2. The van der Waals surface area contributed by atoms with Gasteiger partial charge in [0.25, 0.3) is 0 Å². The largest absolute Gasteiger partial charge is 0.396 e.